The molecule has 0 aromatic carbocycles. The van der Waals surface area contributed by atoms with E-state index in [0.717, 1.165) is 16.0 Å². The third-order valence-corrected chi connectivity index (χ3v) is 6.09. The molecule has 1 fully saturated rings. The van der Waals surface area contributed by atoms with E-state index >= 15 is 0 Å². The van der Waals surface area contributed by atoms with Crippen molar-refractivity contribution in [3.8, 4) is 0 Å². The number of hydrogen-bond donors (Lipinski definition) is 1. The van der Waals surface area contributed by atoms with E-state index in [1.165, 1.54) is 24.1 Å². The average molecular weight is 324 g/mol. The van der Waals surface area contributed by atoms with Crippen LogP contribution in [0.5, 0.6) is 0 Å². The van der Waals surface area contributed by atoms with Gasteiger partial charge in [-0.2, -0.15) is 0 Å². The molecule has 2 nitrogen and oxygen atoms in total. The summed E-state index contributed by atoms with van der Waals surface area (Å²) in [7, 11) is 0. The SMILES string of the molecule is CC1CCCC(NC(c2ccco2)c2ccc(Cl)s2)C1C. The Morgan fingerprint density at radius 3 is 2.81 bits per heavy atom. The van der Waals surface area contributed by atoms with Crippen LogP contribution in [0.4, 0.5) is 0 Å². The van der Waals surface area contributed by atoms with Crippen molar-refractivity contribution in [1.29, 1.82) is 0 Å². The molecule has 0 spiro atoms. The quantitative estimate of drug-likeness (QED) is 0.803. The first kappa shape index (κ1) is 15.1. The fourth-order valence-corrected chi connectivity index (χ4v) is 4.40. The van der Waals surface area contributed by atoms with Gasteiger partial charge in [0.1, 0.15) is 11.8 Å². The number of rotatable bonds is 4. The molecule has 0 amide bonds. The number of furan rings is 1. The predicted octanol–water partition coefficient (Wildman–Crippen LogP) is 5.50. The standard InChI is InChI=1S/C17H22ClNOS/c1-11-5-3-6-13(12(11)2)19-17(14-7-4-10-20-14)15-8-9-16(18)21-15/h4,7-13,17,19H,3,5-6H2,1-2H3. The minimum atomic E-state index is 0.107. The van der Waals surface area contributed by atoms with E-state index in [-0.39, 0.29) is 6.04 Å². The van der Waals surface area contributed by atoms with Gasteiger partial charge in [-0.3, -0.25) is 5.32 Å². The van der Waals surface area contributed by atoms with Crippen molar-refractivity contribution < 1.29 is 4.42 Å². The van der Waals surface area contributed by atoms with Gasteiger partial charge in [-0.05, 0) is 42.5 Å². The number of halogens is 1. The minimum Gasteiger partial charge on any atom is -0.467 e. The van der Waals surface area contributed by atoms with Gasteiger partial charge in [0.05, 0.1) is 10.6 Å². The van der Waals surface area contributed by atoms with Gasteiger partial charge < -0.3 is 4.42 Å². The highest BCUT2D eigenvalue weighted by molar-refractivity contribution is 7.16. The van der Waals surface area contributed by atoms with Crippen LogP contribution in [0.15, 0.2) is 34.9 Å². The predicted molar refractivity (Wildman–Crippen MR) is 89.0 cm³/mol. The van der Waals surface area contributed by atoms with Gasteiger partial charge in [0.15, 0.2) is 0 Å². The van der Waals surface area contributed by atoms with Crippen molar-refractivity contribution in [2.45, 2.75) is 45.2 Å². The Bertz CT molecular complexity index is 565. The van der Waals surface area contributed by atoms with Gasteiger partial charge in [-0.1, -0.05) is 38.3 Å². The molecule has 1 aliphatic rings. The van der Waals surface area contributed by atoms with E-state index in [1.54, 1.807) is 17.6 Å². The van der Waals surface area contributed by atoms with E-state index in [0.29, 0.717) is 12.0 Å². The van der Waals surface area contributed by atoms with Crippen LogP contribution >= 0.6 is 22.9 Å². The fraction of sp³-hybridized carbons (Fsp3) is 0.529. The Hall–Kier alpha value is -0.770. The van der Waals surface area contributed by atoms with Crippen LogP contribution < -0.4 is 5.32 Å². The normalized spacial score (nSPS) is 27.7. The Labute approximate surface area is 135 Å². The maximum Gasteiger partial charge on any atom is 0.126 e. The summed E-state index contributed by atoms with van der Waals surface area (Å²) >= 11 is 7.75. The highest BCUT2D eigenvalue weighted by atomic mass is 35.5. The summed E-state index contributed by atoms with van der Waals surface area (Å²) in [4.78, 5) is 1.22. The van der Waals surface area contributed by atoms with Gasteiger partial charge in [0.25, 0.3) is 0 Å². The van der Waals surface area contributed by atoms with Gasteiger partial charge in [-0.25, -0.2) is 0 Å². The summed E-state index contributed by atoms with van der Waals surface area (Å²) in [5, 5.41) is 3.83. The van der Waals surface area contributed by atoms with Crippen molar-refractivity contribution >= 4 is 22.9 Å². The van der Waals surface area contributed by atoms with Gasteiger partial charge in [-0.15, -0.1) is 11.3 Å². The van der Waals surface area contributed by atoms with Crippen LogP contribution in [0.1, 0.15) is 49.8 Å². The van der Waals surface area contributed by atoms with Crippen molar-refractivity contribution in [3.63, 3.8) is 0 Å². The van der Waals surface area contributed by atoms with Crippen LogP contribution in [0.25, 0.3) is 0 Å². The molecule has 0 saturated heterocycles. The van der Waals surface area contributed by atoms with Crippen molar-refractivity contribution in [2.75, 3.05) is 0 Å². The summed E-state index contributed by atoms with van der Waals surface area (Å²) < 4.78 is 6.49. The lowest BCUT2D eigenvalue weighted by molar-refractivity contribution is 0.195. The average Bonchev–Trinajstić information content (AvgIpc) is 3.12. The molecule has 2 heterocycles. The summed E-state index contributed by atoms with van der Waals surface area (Å²) in [5.41, 5.74) is 0. The van der Waals surface area contributed by atoms with E-state index in [9.17, 15) is 0 Å². The van der Waals surface area contributed by atoms with E-state index in [1.807, 2.05) is 18.2 Å². The van der Waals surface area contributed by atoms with Crippen LogP contribution in [0, 0.1) is 11.8 Å². The lowest BCUT2D eigenvalue weighted by Crippen LogP contribution is -2.42. The summed E-state index contributed by atoms with van der Waals surface area (Å²) in [5.74, 6) is 2.44. The van der Waals surface area contributed by atoms with Crippen molar-refractivity contribution in [2.24, 2.45) is 11.8 Å². The third kappa shape index (κ3) is 3.36. The molecule has 3 rings (SSSR count). The van der Waals surface area contributed by atoms with Crippen LogP contribution in [-0.2, 0) is 0 Å². The summed E-state index contributed by atoms with van der Waals surface area (Å²) in [6.45, 7) is 4.73. The molecule has 0 radical (unpaired) electrons. The lowest BCUT2D eigenvalue weighted by atomic mass is 9.77. The third-order valence-electron chi connectivity index (χ3n) is 4.79. The molecule has 0 bridgehead atoms. The Kier molecular flexibility index (Phi) is 4.72. The zero-order valence-corrected chi connectivity index (χ0v) is 14.1. The molecule has 114 valence electrons. The molecule has 2 aromatic rings. The summed E-state index contributed by atoms with van der Waals surface area (Å²) in [6.07, 6.45) is 5.63. The zero-order valence-electron chi connectivity index (χ0n) is 12.5. The van der Waals surface area contributed by atoms with Crippen molar-refractivity contribution in [1.82, 2.24) is 5.32 Å². The van der Waals surface area contributed by atoms with Gasteiger partial charge in [0, 0.05) is 10.9 Å². The molecule has 1 aliphatic carbocycles. The van der Waals surface area contributed by atoms with E-state index < -0.39 is 0 Å². The first-order valence-electron chi connectivity index (χ1n) is 7.70. The topological polar surface area (TPSA) is 25.2 Å². The van der Waals surface area contributed by atoms with Crippen LogP contribution in [0.2, 0.25) is 4.34 Å². The van der Waals surface area contributed by atoms with E-state index in [4.69, 9.17) is 16.0 Å². The molecule has 4 atom stereocenters. The molecular formula is C17H22ClNOS. The second kappa shape index (κ2) is 6.55. The second-order valence-electron chi connectivity index (χ2n) is 6.13. The molecule has 1 saturated carbocycles. The number of thiophene rings is 1. The summed E-state index contributed by atoms with van der Waals surface area (Å²) in [6, 6.07) is 8.70. The monoisotopic (exact) mass is 323 g/mol. The van der Waals surface area contributed by atoms with Crippen LogP contribution in [-0.4, -0.2) is 6.04 Å². The lowest BCUT2D eigenvalue weighted by Gasteiger charge is -2.36. The highest BCUT2D eigenvalue weighted by Crippen LogP contribution is 2.35. The molecular weight excluding hydrogens is 302 g/mol. The van der Waals surface area contributed by atoms with Crippen molar-refractivity contribution in [3.05, 3.63) is 45.5 Å². The van der Waals surface area contributed by atoms with Gasteiger partial charge in [0.2, 0.25) is 0 Å². The van der Waals surface area contributed by atoms with Gasteiger partial charge >= 0.3 is 0 Å². The molecule has 0 aliphatic heterocycles. The molecule has 1 N–H and O–H groups in total. The van der Waals surface area contributed by atoms with Crippen LogP contribution in [0.3, 0.4) is 0 Å². The second-order valence-corrected chi connectivity index (χ2v) is 7.88. The molecule has 2 aromatic heterocycles. The number of nitrogens with one attached hydrogen (secondary N) is 1. The smallest absolute Gasteiger partial charge is 0.126 e. The molecule has 4 heteroatoms. The first-order chi connectivity index (χ1) is 10.1. The zero-order chi connectivity index (χ0) is 14.8. The fourth-order valence-electron chi connectivity index (χ4n) is 3.27. The number of hydrogen-bond acceptors (Lipinski definition) is 3. The Morgan fingerprint density at radius 1 is 1.29 bits per heavy atom. The maximum atomic E-state index is 6.12. The molecule has 21 heavy (non-hydrogen) atoms. The maximum absolute atomic E-state index is 6.12. The highest BCUT2D eigenvalue weighted by Gasteiger charge is 2.30. The minimum absolute atomic E-state index is 0.107. The molecule has 4 unspecified atom stereocenters. The Morgan fingerprint density at radius 2 is 2.14 bits per heavy atom. The largest absolute Gasteiger partial charge is 0.467 e. The first-order valence-corrected chi connectivity index (χ1v) is 8.89. The Balaban J connectivity index is 1.83. The van der Waals surface area contributed by atoms with E-state index in [2.05, 4.69) is 25.2 Å².